The number of carbonyl (C=O) groups is 2. The van der Waals surface area contributed by atoms with Crippen LogP contribution in [0, 0.1) is 0 Å². The number of amides is 2. The van der Waals surface area contributed by atoms with Gasteiger partial charge in [-0.05, 0) is 63.4 Å². The highest BCUT2D eigenvalue weighted by atomic mass is 16.6. The molecule has 0 aromatic heterocycles. The van der Waals surface area contributed by atoms with Crippen molar-refractivity contribution in [1.29, 1.82) is 0 Å². The Labute approximate surface area is 160 Å². The lowest BCUT2D eigenvalue weighted by Gasteiger charge is -2.19. The number of ether oxygens (including phenoxy) is 1. The van der Waals surface area contributed by atoms with E-state index in [1.54, 1.807) is 24.3 Å². The smallest absolute Gasteiger partial charge is 0.412 e. The number of anilines is 1. The van der Waals surface area contributed by atoms with Crippen molar-refractivity contribution in [1.82, 2.24) is 5.32 Å². The van der Waals surface area contributed by atoms with Crippen LogP contribution in [-0.2, 0) is 10.2 Å². The first kappa shape index (κ1) is 19.0. The van der Waals surface area contributed by atoms with Gasteiger partial charge < -0.3 is 10.1 Å². The largest absolute Gasteiger partial charge is 0.444 e. The van der Waals surface area contributed by atoms with E-state index >= 15 is 0 Å². The molecule has 2 amide bonds. The third-order valence-corrected chi connectivity index (χ3v) is 4.62. The number of hydrogen-bond acceptors (Lipinski definition) is 3. The summed E-state index contributed by atoms with van der Waals surface area (Å²) >= 11 is 0. The molecule has 0 saturated heterocycles. The second kappa shape index (κ2) is 7.43. The van der Waals surface area contributed by atoms with Crippen LogP contribution in [0.4, 0.5) is 10.5 Å². The average molecular weight is 366 g/mol. The van der Waals surface area contributed by atoms with E-state index in [-0.39, 0.29) is 11.3 Å². The molecule has 1 aliphatic rings. The van der Waals surface area contributed by atoms with Crippen molar-refractivity contribution < 1.29 is 14.3 Å². The molecule has 2 aromatic rings. The van der Waals surface area contributed by atoms with E-state index in [0.717, 1.165) is 12.8 Å². The van der Waals surface area contributed by atoms with Gasteiger partial charge in [0.05, 0.1) is 0 Å². The van der Waals surface area contributed by atoms with Gasteiger partial charge >= 0.3 is 6.09 Å². The molecule has 0 heterocycles. The Balaban J connectivity index is 1.54. The Morgan fingerprint density at radius 1 is 1.00 bits per heavy atom. The molecule has 142 valence electrons. The van der Waals surface area contributed by atoms with Crippen LogP contribution in [0.25, 0.3) is 0 Å². The Bertz CT molecular complexity index is 804. The van der Waals surface area contributed by atoms with Crippen LogP contribution in [0.2, 0.25) is 0 Å². The topological polar surface area (TPSA) is 67.4 Å². The highest BCUT2D eigenvalue weighted by Crippen LogP contribution is 2.47. The Hall–Kier alpha value is -2.82. The normalized spacial score (nSPS) is 14.9. The van der Waals surface area contributed by atoms with Crippen molar-refractivity contribution in [2.75, 3.05) is 11.9 Å². The number of nitrogens with one attached hydrogen (secondary N) is 2. The van der Waals surface area contributed by atoms with E-state index in [1.807, 2.05) is 39.0 Å². The van der Waals surface area contributed by atoms with Gasteiger partial charge in [-0.3, -0.25) is 10.1 Å². The van der Waals surface area contributed by atoms with E-state index in [9.17, 15) is 9.59 Å². The second-order valence-electron chi connectivity index (χ2n) is 8.03. The lowest BCUT2D eigenvalue weighted by Crippen LogP contribution is -2.32. The molecule has 5 nitrogen and oxygen atoms in total. The fraction of sp³-hybridized carbons (Fsp3) is 0.364. The van der Waals surface area contributed by atoms with E-state index in [4.69, 9.17) is 4.74 Å². The van der Waals surface area contributed by atoms with Crippen molar-refractivity contribution in [2.45, 2.75) is 44.6 Å². The quantitative estimate of drug-likeness (QED) is 0.819. The molecular weight excluding hydrogens is 340 g/mol. The molecule has 0 unspecified atom stereocenters. The molecule has 1 saturated carbocycles. The Morgan fingerprint density at radius 3 is 2.19 bits per heavy atom. The maximum absolute atomic E-state index is 12.4. The molecule has 0 atom stereocenters. The summed E-state index contributed by atoms with van der Waals surface area (Å²) in [4.78, 5) is 24.2. The van der Waals surface area contributed by atoms with Gasteiger partial charge in [-0.15, -0.1) is 0 Å². The molecule has 5 heteroatoms. The fourth-order valence-corrected chi connectivity index (χ4v) is 2.99. The van der Waals surface area contributed by atoms with E-state index in [0.29, 0.717) is 17.8 Å². The molecule has 3 rings (SSSR count). The van der Waals surface area contributed by atoms with Crippen LogP contribution >= 0.6 is 0 Å². The lowest BCUT2D eigenvalue weighted by atomic mass is 9.96. The van der Waals surface area contributed by atoms with Gasteiger partial charge in [0, 0.05) is 23.2 Å². The molecule has 1 aliphatic carbocycles. The first-order valence-corrected chi connectivity index (χ1v) is 9.21. The summed E-state index contributed by atoms with van der Waals surface area (Å²) in [6.45, 7) is 6.06. The maximum Gasteiger partial charge on any atom is 0.412 e. The molecule has 0 radical (unpaired) electrons. The first-order chi connectivity index (χ1) is 12.8. The number of hydrogen-bond donors (Lipinski definition) is 2. The summed E-state index contributed by atoms with van der Waals surface area (Å²) in [5.41, 5.74) is 1.95. The van der Waals surface area contributed by atoms with Crippen LogP contribution in [0.1, 0.15) is 49.5 Å². The van der Waals surface area contributed by atoms with Gasteiger partial charge in [-0.25, -0.2) is 4.79 Å². The third kappa shape index (κ3) is 5.09. The number of rotatable bonds is 5. The zero-order valence-electron chi connectivity index (χ0n) is 16.0. The maximum atomic E-state index is 12.4. The van der Waals surface area contributed by atoms with Crippen LogP contribution in [0.3, 0.4) is 0 Å². The molecule has 27 heavy (non-hydrogen) atoms. The van der Waals surface area contributed by atoms with Gasteiger partial charge in [-0.1, -0.05) is 30.3 Å². The minimum absolute atomic E-state index is 0.0785. The van der Waals surface area contributed by atoms with Crippen molar-refractivity contribution in [3.8, 4) is 0 Å². The summed E-state index contributed by atoms with van der Waals surface area (Å²) in [7, 11) is 0. The van der Waals surface area contributed by atoms with Gasteiger partial charge in [0.15, 0.2) is 0 Å². The standard InChI is InChI=1S/C22H26N2O3/c1-21(2,3)27-20(26)24-18-11-9-16(10-12-18)19(25)23-15-22(13-14-22)17-7-5-4-6-8-17/h4-12H,13-15H2,1-3H3,(H,23,25)(H,24,26). The lowest BCUT2D eigenvalue weighted by molar-refractivity contribution is 0.0635. The van der Waals surface area contributed by atoms with Gasteiger partial charge in [-0.2, -0.15) is 0 Å². The van der Waals surface area contributed by atoms with Gasteiger partial charge in [0.25, 0.3) is 5.91 Å². The highest BCUT2D eigenvalue weighted by Gasteiger charge is 2.44. The predicted octanol–water partition coefficient (Wildman–Crippen LogP) is 4.50. The number of carbonyl (C=O) groups excluding carboxylic acids is 2. The fourth-order valence-electron chi connectivity index (χ4n) is 2.99. The monoisotopic (exact) mass is 366 g/mol. The zero-order valence-corrected chi connectivity index (χ0v) is 16.0. The van der Waals surface area contributed by atoms with Gasteiger partial charge in [0.2, 0.25) is 0 Å². The van der Waals surface area contributed by atoms with Crippen LogP contribution in [0.5, 0.6) is 0 Å². The van der Waals surface area contributed by atoms with Crippen molar-refractivity contribution >= 4 is 17.7 Å². The summed E-state index contributed by atoms with van der Waals surface area (Å²) < 4.78 is 5.21. The van der Waals surface area contributed by atoms with Crippen LogP contribution in [0.15, 0.2) is 54.6 Å². The van der Waals surface area contributed by atoms with Crippen LogP contribution < -0.4 is 10.6 Å². The predicted molar refractivity (Wildman–Crippen MR) is 106 cm³/mol. The summed E-state index contributed by atoms with van der Waals surface area (Å²) in [6, 6.07) is 17.1. The summed E-state index contributed by atoms with van der Waals surface area (Å²) in [5, 5.41) is 5.70. The highest BCUT2D eigenvalue weighted by molar-refractivity contribution is 5.95. The number of benzene rings is 2. The van der Waals surface area contributed by atoms with Gasteiger partial charge in [0.1, 0.15) is 5.60 Å². The molecule has 0 bridgehead atoms. The minimum atomic E-state index is -0.554. The van der Waals surface area contributed by atoms with Crippen molar-refractivity contribution in [3.05, 3.63) is 65.7 Å². The molecule has 2 N–H and O–H groups in total. The molecule has 0 spiro atoms. The van der Waals surface area contributed by atoms with Crippen molar-refractivity contribution in [3.63, 3.8) is 0 Å². The molecule has 0 aliphatic heterocycles. The van der Waals surface area contributed by atoms with E-state index < -0.39 is 11.7 Å². The molecular formula is C22H26N2O3. The van der Waals surface area contributed by atoms with Crippen molar-refractivity contribution in [2.24, 2.45) is 0 Å². The summed E-state index contributed by atoms with van der Waals surface area (Å²) in [5.74, 6) is -0.110. The minimum Gasteiger partial charge on any atom is -0.444 e. The molecule has 2 aromatic carbocycles. The SMILES string of the molecule is CC(C)(C)OC(=O)Nc1ccc(C(=O)NCC2(c3ccccc3)CC2)cc1. The second-order valence-corrected chi connectivity index (χ2v) is 8.03. The van der Waals surface area contributed by atoms with Crippen LogP contribution in [-0.4, -0.2) is 24.1 Å². The Morgan fingerprint density at radius 2 is 1.63 bits per heavy atom. The molecule has 1 fully saturated rings. The van der Waals surface area contributed by atoms with E-state index in [2.05, 4.69) is 22.8 Å². The Kier molecular flexibility index (Phi) is 5.22. The average Bonchev–Trinajstić information content (AvgIpc) is 3.41. The summed E-state index contributed by atoms with van der Waals surface area (Å²) in [6.07, 6.45) is 1.67. The zero-order chi connectivity index (χ0) is 19.5. The first-order valence-electron chi connectivity index (χ1n) is 9.21. The van der Waals surface area contributed by atoms with E-state index in [1.165, 1.54) is 5.56 Å². The third-order valence-electron chi connectivity index (χ3n) is 4.62.